The fraction of sp³-hybridized carbons (Fsp3) is 0.450. The van der Waals surface area contributed by atoms with Gasteiger partial charge in [0.2, 0.25) is 5.91 Å². The third kappa shape index (κ3) is 5.90. The Balaban J connectivity index is 1.49. The van der Waals surface area contributed by atoms with Gasteiger partial charge in [0.15, 0.2) is 11.0 Å². The highest BCUT2D eigenvalue weighted by atomic mass is 32.2. The highest BCUT2D eigenvalue weighted by molar-refractivity contribution is 8.15. The van der Waals surface area contributed by atoms with Crippen LogP contribution in [0.4, 0.5) is 5.69 Å². The number of ether oxygens (including phenoxy) is 1. The van der Waals surface area contributed by atoms with Crippen LogP contribution in [0.2, 0.25) is 0 Å². The van der Waals surface area contributed by atoms with Gasteiger partial charge in [0.05, 0.1) is 5.56 Å². The second-order valence-corrected chi connectivity index (χ2v) is 8.16. The number of hydrogen-bond acceptors (Lipinski definition) is 7. The van der Waals surface area contributed by atoms with Gasteiger partial charge in [-0.05, 0) is 50.5 Å². The number of carbonyl (C=O) groups is 4. The van der Waals surface area contributed by atoms with Gasteiger partial charge in [0.25, 0.3) is 5.91 Å². The molecule has 9 heteroatoms. The third-order valence-corrected chi connectivity index (χ3v) is 5.75. The van der Waals surface area contributed by atoms with Crippen LogP contribution >= 0.6 is 11.8 Å². The van der Waals surface area contributed by atoms with Crippen molar-refractivity contribution in [3.63, 3.8) is 0 Å². The van der Waals surface area contributed by atoms with Crippen LogP contribution in [0.1, 0.15) is 43.0 Å². The summed E-state index contributed by atoms with van der Waals surface area (Å²) in [7, 11) is 0. The molecule has 0 radical (unpaired) electrons. The Morgan fingerprint density at radius 3 is 2.52 bits per heavy atom. The van der Waals surface area contributed by atoms with Crippen molar-refractivity contribution in [1.82, 2.24) is 4.90 Å². The first-order valence-corrected chi connectivity index (χ1v) is 10.4. The fourth-order valence-electron chi connectivity index (χ4n) is 3.05. The number of Topliss-reactive ketones (excluding diaryl/α,β-unsaturated/α-hetero) is 1. The first kappa shape index (κ1) is 21.0. The number of aliphatic imine (C=N–C) groups is 1. The van der Waals surface area contributed by atoms with Gasteiger partial charge in [-0.3, -0.25) is 14.4 Å². The van der Waals surface area contributed by atoms with Crippen LogP contribution in [-0.2, 0) is 19.1 Å². The summed E-state index contributed by atoms with van der Waals surface area (Å²) in [6.45, 7) is 2.87. The lowest BCUT2D eigenvalue weighted by Crippen LogP contribution is -2.33. The van der Waals surface area contributed by atoms with Crippen LogP contribution in [0, 0.1) is 0 Å². The van der Waals surface area contributed by atoms with Crippen molar-refractivity contribution in [2.45, 2.75) is 37.9 Å². The molecule has 1 saturated heterocycles. The number of carbonyl (C=O) groups excluding carboxylic acids is 4. The molecule has 1 aromatic carbocycles. The van der Waals surface area contributed by atoms with Crippen LogP contribution in [0.3, 0.4) is 0 Å². The monoisotopic (exact) mass is 417 g/mol. The molecule has 0 bridgehead atoms. The molecule has 8 nitrogen and oxygen atoms in total. The number of piperidine rings is 1. The van der Waals surface area contributed by atoms with E-state index in [2.05, 4.69) is 15.2 Å². The molecule has 0 aliphatic carbocycles. The van der Waals surface area contributed by atoms with Crippen molar-refractivity contribution in [2.24, 2.45) is 4.99 Å². The van der Waals surface area contributed by atoms with E-state index in [0.29, 0.717) is 5.69 Å². The number of amides is 2. The Morgan fingerprint density at radius 2 is 1.86 bits per heavy atom. The van der Waals surface area contributed by atoms with Gasteiger partial charge >= 0.3 is 5.97 Å². The summed E-state index contributed by atoms with van der Waals surface area (Å²) in [4.78, 5) is 53.4. The molecule has 3 rings (SSSR count). The number of ketones is 1. The van der Waals surface area contributed by atoms with Crippen LogP contribution < -0.4 is 5.32 Å². The van der Waals surface area contributed by atoms with Crippen LogP contribution in [-0.4, -0.2) is 58.6 Å². The topological polar surface area (TPSA) is 105 Å². The van der Waals surface area contributed by atoms with E-state index in [-0.39, 0.29) is 36.2 Å². The summed E-state index contributed by atoms with van der Waals surface area (Å²) >= 11 is 1.36. The average molecular weight is 417 g/mol. The molecular weight excluding hydrogens is 394 g/mol. The van der Waals surface area contributed by atoms with Gasteiger partial charge in [-0.2, -0.15) is 4.99 Å². The maximum absolute atomic E-state index is 12.3. The zero-order chi connectivity index (χ0) is 20.8. The largest absolute Gasteiger partial charge is 0.454 e. The molecule has 1 aromatic rings. The van der Waals surface area contributed by atoms with Crippen molar-refractivity contribution in [3.8, 4) is 0 Å². The zero-order valence-electron chi connectivity index (χ0n) is 16.2. The predicted molar refractivity (Wildman–Crippen MR) is 110 cm³/mol. The molecule has 29 heavy (non-hydrogen) atoms. The van der Waals surface area contributed by atoms with Crippen molar-refractivity contribution in [2.75, 3.05) is 25.0 Å². The first-order valence-electron chi connectivity index (χ1n) is 9.53. The normalized spacial score (nSPS) is 18.9. The second-order valence-electron chi connectivity index (χ2n) is 6.99. The summed E-state index contributed by atoms with van der Waals surface area (Å²) in [6, 6.07) is 6.15. The second kappa shape index (κ2) is 9.69. The van der Waals surface area contributed by atoms with Gasteiger partial charge in [0, 0.05) is 25.2 Å². The van der Waals surface area contributed by atoms with Gasteiger partial charge in [-0.25, -0.2) is 4.79 Å². The smallest absolute Gasteiger partial charge is 0.338 e. The number of thioether (sulfide) groups is 1. The standard InChI is InChI=1S/C20H23N3O5S/c1-13(24)12-28-19(27)14-5-7-15(8-6-14)21-17(25)11-16-18(26)22-20(29-16)23-9-3-2-4-10-23/h5-8,16H,2-4,9-12H2,1H3,(H,21,25)/t16-/m0/s1. The van der Waals surface area contributed by atoms with Crippen molar-refractivity contribution < 1.29 is 23.9 Å². The Morgan fingerprint density at radius 1 is 1.17 bits per heavy atom. The summed E-state index contributed by atoms with van der Waals surface area (Å²) in [5, 5.41) is 2.94. The number of nitrogens with zero attached hydrogens (tertiary/aromatic N) is 2. The first-order chi connectivity index (χ1) is 13.9. The van der Waals surface area contributed by atoms with E-state index in [0.717, 1.165) is 31.1 Å². The van der Waals surface area contributed by atoms with Gasteiger partial charge in [-0.15, -0.1) is 0 Å². The molecule has 1 N–H and O–H groups in total. The number of hydrogen-bond donors (Lipinski definition) is 1. The minimum atomic E-state index is -0.603. The van der Waals surface area contributed by atoms with E-state index >= 15 is 0 Å². The number of rotatable bonds is 6. The molecule has 2 amide bonds. The summed E-state index contributed by atoms with van der Waals surface area (Å²) in [6.07, 6.45) is 3.42. The lowest BCUT2D eigenvalue weighted by Gasteiger charge is -2.27. The Hall–Kier alpha value is -2.68. The third-order valence-electron chi connectivity index (χ3n) is 4.54. The molecule has 0 saturated carbocycles. The SMILES string of the molecule is CC(=O)COC(=O)c1ccc(NC(=O)C[C@@H]2SC(N3CCCCC3)=NC2=O)cc1. The minimum absolute atomic E-state index is 0.0345. The number of benzene rings is 1. The maximum atomic E-state index is 12.3. The Labute approximate surface area is 173 Å². The van der Waals surface area contributed by atoms with Gasteiger partial charge in [-0.1, -0.05) is 11.8 Å². The summed E-state index contributed by atoms with van der Waals surface area (Å²) in [5.41, 5.74) is 0.788. The summed E-state index contributed by atoms with van der Waals surface area (Å²) in [5.74, 6) is -1.41. The van der Waals surface area contributed by atoms with E-state index in [1.165, 1.54) is 37.2 Å². The molecule has 0 aromatic heterocycles. The molecule has 154 valence electrons. The molecule has 0 unspecified atom stereocenters. The van der Waals surface area contributed by atoms with E-state index in [1.54, 1.807) is 12.1 Å². The zero-order valence-corrected chi connectivity index (χ0v) is 17.0. The number of nitrogens with one attached hydrogen (secondary N) is 1. The van der Waals surface area contributed by atoms with Crippen LogP contribution in [0.25, 0.3) is 0 Å². The van der Waals surface area contributed by atoms with Crippen molar-refractivity contribution >= 4 is 46.2 Å². The molecule has 0 spiro atoms. The number of esters is 1. The van der Waals surface area contributed by atoms with Gasteiger partial charge in [0.1, 0.15) is 11.9 Å². The van der Waals surface area contributed by atoms with E-state index < -0.39 is 11.2 Å². The lowest BCUT2D eigenvalue weighted by molar-refractivity contribution is -0.121. The number of anilines is 1. The van der Waals surface area contributed by atoms with Gasteiger partial charge < -0.3 is 15.0 Å². The van der Waals surface area contributed by atoms with E-state index in [4.69, 9.17) is 4.74 Å². The molecule has 2 aliphatic heterocycles. The minimum Gasteiger partial charge on any atom is -0.454 e. The fourth-order valence-corrected chi connectivity index (χ4v) is 4.17. The molecule has 1 fully saturated rings. The maximum Gasteiger partial charge on any atom is 0.338 e. The van der Waals surface area contributed by atoms with E-state index in [9.17, 15) is 19.2 Å². The molecule has 2 heterocycles. The number of amidine groups is 1. The molecule has 1 atom stereocenters. The Kier molecular flexibility index (Phi) is 7.03. The van der Waals surface area contributed by atoms with Crippen molar-refractivity contribution in [3.05, 3.63) is 29.8 Å². The predicted octanol–water partition coefficient (Wildman–Crippen LogP) is 2.24. The number of likely N-dealkylation sites (tertiary alicyclic amines) is 1. The lowest BCUT2D eigenvalue weighted by atomic mass is 10.1. The average Bonchev–Trinajstić information content (AvgIpc) is 3.07. The van der Waals surface area contributed by atoms with Crippen molar-refractivity contribution in [1.29, 1.82) is 0 Å². The quantitative estimate of drug-likeness (QED) is 0.708. The summed E-state index contributed by atoms with van der Waals surface area (Å²) < 4.78 is 4.84. The van der Waals surface area contributed by atoms with E-state index in [1.807, 2.05) is 0 Å². The highest BCUT2D eigenvalue weighted by Crippen LogP contribution is 2.29. The highest BCUT2D eigenvalue weighted by Gasteiger charge is 2.33. The van der Waals surface area contributed by atoms with Crippen LogP contribution in [0.5, 0.6) is 0 Å². The Bertz CT molecular complexity index is 831. The molecular formula is C20H23N3O5S. The molecule has 2 aliphatic rings. The van der Waals surface area contributed by atoms with Crippen LogP contribution in [0.15, 0.2) is 29.3 Å².